The number of carbonyl (C=O) groups excluding carboxylic acids is 1. The van der Waals surface area contributed by atoms with Gasteiger partial charge in [0.15, 0.2) is 0 Å². The number of hydrogen-bond acceptors (Lipinski definition) is 6. The van der Waals surface area contributed by atoms with Gasteiger partial charge in [0, 0.05) is 78.8 Å². The summed E-state index contributed by atoms with van der Waals surface area (Å²) in [6.45, 7) is 4.95. The average molecular weight is 444 g/mol. The molecule has 1 aromatic heterocycles. The Kier molecular flexibility index (Phi) is 6.07. The van der Waals surface area contributed by atoms with Gasteiger partial charge in [0.2, 0.25) is 5.91 Å². The quantitative estimate of drug-likeness (QED) is 0.409. The Labute approximate surface area is 194 Å². The normalized spacial score (nSPS) is 19.7. The lowest BCUT2D eigenvalue weighted by Crippen LogP contribution is -2.65. The summed E-state index contributed by atoms with van der Waals surface area (Å²) in [7, 11) is 0. The zero-order chi connectivity index (χ0) is 22.7. The van der Waals surface area contributed by atoms with Crippen molar-refractivity contribution < 1.29 is 9.53 Å². The molecule has 0 atom stereocenters. The van der Waals surface area contributed by atoms with Crippen LogP contribution in [0.25, 0.3) is 11.6 Å². The SMILES string of the molecule is N=C/C(=C\NC1CC1)c1ccncc1/C=C/C(=O)Nc1ccc(CN2CC3(COC3)C2)cc1. The van der Waals surface area contributed by atoms with Crippen LogP contribution in [-0.4, -0.2) is 54.4 Å². The van der Waals surface area contributed by atoms with Crippen LogP contribution < -0.4 is 10.6 Å². The number of hydrogen-bond donors (Lipinski definition) is 3. The molecule has 3 aliphatic rings. The van der Waals surface area contributed by atoms with Crippen LogP contribution >= 0.6 is 0 Å². The molecule has 0 radical (unpaired) electrons. The first kappa shape index (κ1) is 21.6. The molecule has 33 heavy (non-hydrogen) atoms. The van der Waals surface area contributed by atoms with Crippen molar-refractivity contribution in [2.75, 3.05) is 31.6 Å². The van der Waals surface area contributed by atoms with Crippen LogP contribution in [0.2, 0.25) is 0 Å². The number of nitrogens with zero attached hydrogens (tertiary/aromatic N) is 2. The highest BCUT2D eigenvalue weighted by molar-refractivity contribution is 6.10. The molecule has 2 saturated heterocycles. The summed E-state index contributed by atoms with van der Waals surface area (Å²) in [5.41, 5.74) is 4.85. The molecule has 0 unspecified atom stereocenters. The second-order valence-electron chi connectivity index (χ2n) is 9.31. The maximum atomic E-state index is 12.5. The summed E-state index contributed by atoms with van der Waals surface area (Å²) in [4.78, 5) is 19.1. The highest BCUT2D eigenvalue weighted by Gasteiger charge is 2.48. The van der Waals surface area contributed by atoms with Crippen molar-refractivity contribution in [2.45, 2.75) is 25.4 Å². The van der Waals surface area contributed by atoms with E-state index in [4.69, 9.17) is 10.1 Å². The van der Waals surface area contributed by atoms with E-state index in [1.807, 2.05) is 24.4 Å². The lowest BCUT2D eigenvalue weighted by Gasteiger charge is -2.55. The zero-order valence-corrected chi connectivity index (χ0v) is 18.6. The molecule has 7 nitrogen and oxygen atoms in total. The minimum absolute atomic E-state index is 0.205. The maximum absolute atomic E-state index is 12.5. The highest BCUT2D eigenvalue weighted by Crippen LogP contribution is 2.38. The smallest absolute Gasteiger partial charge is 0.248 e. The number of allylic oxidation sites excluding steroid dienone is 1. The molecular formula is C26H29N5O2. The third-order valence-electron chi connectivity index (χ3n) is 6.35. The van der Waals surface area contributed by atoms with Gasteiger partial charge in [-0.3, -0.25) is 14.7 Å². The Balaban J connectivity index is 1.17. The minimum Gasteiger partial charge on any atom is -0.388 e. The van der Waals surface area contributed by atoms with Crippen molar-refractivity contribution in [2.24, 2.45) is 5.41 Å². The van der Waals surface area contributed by atoms with Gasteiger partial charge in [0.1, 0.15) is 0 Å². The molecule has 1 saturated carbocycles. The van der Waals surface area contributed by atoms with Crippen molar-refractivity contribution >= 4 is 29.5 Å². The second kappa shape index (κ2) is 9.29. The van der Waals surface area contributed by atoms with Crippen LogP contribution in [0.15, 0.2) is 55.0 Å². The molecule has 2 aromatic rings. The first-order valence-electron chi connectivity index (χ1n) is 11.4. The summed E-state index contributed by atoms with van der Waals surface area (Å²) in [6, 6.07) is 10.4. The van der Waals surface area contributed by atoms with Crippen LogP contribution in [0.4, 0.5) is 5.69 Å². The number of ether oxygens (including phenoxy) is 1. The topological polar surface area (TPSA) is 90.3 Å². The van der Waals surface area contributed by atoms with Crippen LogP contribution in [0.1, 0.15) is 29.5 Å². The molecule has 1 aromatic carbocycles. The fourth-order valence-corrected chi connectivity index (χ4v) is 4.35. The molecule has 3 fully saturated rings. The van der Waals surface area contributed by atoms with E-state index < -0.39 is 0 Å². The van der Waals surface area contributed by atoms with E-state index in [1.165, 1.54) is 30.7 Å². The molecule has 3 N–H and O–H groups in total. The predicted octanol–water partition coefficient (Wildman–Crippen LogP) is 3.31. The molecule has 1 spiro atoms. The highest BCUT2D eigenvalue weighted by atomic mass is 16.5. The predicted molar refractivity (Wildman–Crippen MR) is 130 cm³/mol. The number of pyridine rings is 1. The van der Waals surface area contributed by atoms with E-state index in [0.717, 1.165) is 55.2 Å². The monoisotopic (exact) mass is 443 g/mol. The van der Waals surface area contributed by atoms with Crippen molar-refractivity contribution in [3.8, 4) is 0 Å². The number of aromatic nitrogens is 1. The van der Waals surface area contributed by atoms with E-state index in [0.29, 0.717) is 11.5 Å². The van der Waals surface area contributed by atoms with Gasteiger partial charge >= 0.3 is 0 Å². The summed E-state index contributed by atoms with van der Waals surface area (Å²) in [5, 5.41) is 14.0. The van der Waals surface area contributed by atoms with Gasteiger partial charge < -0.3 is 20.8 Å². The Morgan fingerprint density at radius 3 is 2.67 bits per heavy atom. The molecule has 2 aliphatic heterocycles. The minimum atomic E-state index is -0.205. The van der Waals surface area contributed by atoms with E-state index in [1.54, 1.807) is 18.5 Å². The number of carbonyl (C=O) groups is 1. The number of amides is 1. The molecular weight excluding hydrogens is 414 g/mol. The molecule has 170 valence electrons. The van der Waals surface area contributed by atoms with Crippen molar-refractivity contribution in [1.29, 1.82) is 5.41 Å². The van der Waals surface area contributed by atoms with Crippen LogP contribution in [0.5, 0.6) is 0 Å². The van der Waals surface area contributed by atoms with Crippen molar-refractivity contribution in [1.82, 2.24) is 15.2 Å². The van der Waals surface area contributed by atoms with Gasteiger partial charge in [-0.1, -0.05) is 12.1 Å². The number of nitrogens with one attached hydrogen (secondary N) is 3. The molecule has 5 rings (SSSR count). The number of anilines is 1. The number of benzene rings is 1. The van der Waals surface area contributed by atoms with Gasteiger partial charge in [0.05, 0.1) is 13.2 Å². The van der Waals surface area contributed by atoms with Crippen molar-refractivity contribution in [3.05, 3.63) is 71.7 Å². The Morgan fingerprint density at radius 2 is 2.00 bits per heavy atom. The first-order valence-corrected chi connectivity index (χ1v) is 11.4. The average Bonchev–Trinajstić information content (AvgIpc) is 3.60. The Hall–Kier alpha value is -3.29. The molecule has 1 aliphatic carbocycles. The molecule has 0 bridgehead atoms. The van der Waals surface area contributed by atoms with Crippen LogP contribution in [0, 0.1) is 10.8 Å². The fraction of sp³-hybridized carbons (Fsp3) is 0.346. The third kappa shape index (κ3) is 5.21. The van der Waals surface area contributed by atoms with E-state index in [9.17, 15) is 4.79 Å². The fourth-order valence-electron chi connectivity index (χ4n) is 4.35. The van der Waals surface area contributed by atoms with Gasteiger partial charge in [-0.25, -0.2) is 0 Å². The van der Waals surface area contributed by atoms with Gasteiger partial charge in [0.25, 0.3) is 0 Å². The lowest BCUT2D eigenvalue weighted by molar-refractivity contribution is -0.191. The summed E-state index contributed by atoms with van der Waals surface area (Å²) in [6.07, 6.45) is 12.2. The second-order valence-corrected chi connectivity index (χ2v) is 9.31. The van der Waals surface area contributed by atoms with Crippen molar-refractivity contribution in [3.63, 3.8) is 0 Å². The van der Waals surface area contributed by atoms with Crippen LogP contribution in [-0.2, 0) is 16.1 Å². The number of rotatable bonds is 9. The largest absolute Gasteiger partial charge is 0.388 e. The summed E-state index contributed by atoms with van der Waals surface area (Å²) >= 11 is 0. The van der Waals surface area contributed by atoms with Gasteiger partial charge in [-0.2, -0.15) is 0 Å². The molecule has 1 amide bonds. The Bertz CT molecular complexity index is 1080. The maximum Gasteiger partial charge on any atom is 0.248 e. The summed E-state index contributed by atoms with van der Waals surface area (Å²) in [5.74, 6) is -0.205. The van der Waals surface area contributed by atoms with E-state index >= 15 is 0 Å². The summed E-state index contributed by atoms with van der Waals surface area (Å²) < 4.78 is 5.33. The zero-order valence-electron chi connectivity index (χ0n) is 18.6. The molecule has 7 heteroatoms. The standard InChI is InChI=1S/C26H29N5O2/c27-11-21(13-29-22-6-7-22)24-9-10-28-12-20(24)3-8-25(32)30-23-4-1-19(2-5-23)14-31-15-26(16-31)17-33-18-26/h1-5,8-13,22,27,29H,6-7,14-18H2,(H,30,32)/b8-3+,21-13+,27-11?. The third-order valence-corrected chi connectivity index (χ3v) is 6.35. The van der Waals surface area contributed by atoms with E-state index in [2.05, 4.69) is 32.7 Å². The first-order chi connectivity index (χ1) is 16.1. The lowest BCUT2D eigenvalue weighted by atomic mass is 9.78. The number of likely N-dealkylation sites (tertiary alicyclic amines) is 1. The Morgan fingerprint density at radius 1 is 1.21 bits per heavy atom. The van der Waals surface area contributed by atoms with Gasteiger partial charge in [-0.15, -0.1) is 0 Å². The van der Waals surface area contributed by atoms with Crippen LogP contribution in [0.3, 0.4) is 0 Å². The van der Waals surface area contributed by atoms with E-state index in [-0.39, 0.29) is 5.91 Å². The van der Waals surface area contributed by atoms with Gasteiger partial charge in [-0.05, 0) is 48.2 Å². The molecule has 3 heterocycles.